The third-order valence-electron chi connectivity index (χ3n) is 3.97. The summed E-state index contributed by atoms with van der Waals surface area (Å²) >= 11 is 5.89. The fraction of sp³-hybridized carbons (Fsp3) is 0.278. The second-order valence-corrected chi connectivity index (χ2v) is 5.91. The van der Waals surface area contributed by atoms with Gasteiger partial charge in [0.1, 0.15) is 17.5 Å². The summed E-state index contributed by atoms with van der Waals surface area (Å²) in [6, 6.07) is 12.2. The maximum Gasteiger partial charge on any atom is 0.129 e. The van der Waals surface area contributed by atoms with Crippen LogP contribution >= 0.6 is 11.6 Å². The highest BCUT2D eigenvalue weighted by molar-refractivity contribution is 6.29. The Labute approximate surface area is 136 Å². The summed E-state index contributed by atoms with van der Waals surface area (Å²) in [5.41, 5.74) is 4.51. The van der Waals surface area contributed by atoms with Crippen molar-refractivity contribution < 1.29 is 4.74 Å². The van der Waals surface area contributed by atoms with Crippen LogP contribution in [0, 0.1) is 6.92 Å². The monoisotopic (exact) mass is 314 g/mol. The van der Waals surface area contributed by atoms with Crippen LogP contribution in [-0.4, -0.2) is 17.6 Å². The maximum atomic E-state index is 5.89. The highest BCUT2D eigenvalue weighted by Gasteiger charge is 2.16. The number of ether oxygens (including phenoxy) is 1. The zero-order chi connectivity index (χ0) is 15.5. The lowest BCUT2D eigenvalue weighted by Crippen LogP contribution is -2.31. The van der Waals surface area contributed by atoms with E-state index in [0.717, 1.165) is 29.1 Å². The molecule has 4 heteroatoms. The molecule has 0 amide bonds. The first kappa shape index (κ1) is 15.1. The van der Waals surface area contributed by atoms with Gasteiger partial charge >= 0.3 is 0 Å². The highest BCUT2D eigenvalue weighted by Crippen LogP contribution is 2.26. The number of pyridine rings is 1. The first-order valence-electron chi connectivity index (χ1n) is 7.41. The van der Waals surface area contributed by atoms with E-state index >= 15 is 0 Å². The number of fused-ring (bicyclic) bond motifs is 1. The van der Waals surface area contributed by atoms with Crippen molar-refractivity contribution in [3.8, 4) is 5.75 Å². The molecule has 0 bridgehead atoms. The van der Waals surface area contributed by atoms with E-state index in [1.165, 1.54) is 5.57 Å². The summed E-state index contributed by atoms with van der Waals surface area (Å²) in [4.78, 5) is 4.28. The number of benzene rings is 1. The highest BCUT2D eigenvalue weighted by atomic mass is 35.5. The van der Waals surface area contributed by atoms with Crippen molar-refractivity contribution in [2.45, 2.75) is 26.4 Å². The molecule has 1 unspecified atom stereocenters. The van der Waals surface area contributed by atoms with Gasteiger partial charge in [-0.25, -0.2) is 4.98 Å². The predicted molar refractivity (Wildman–Crippen MR) is 90.2 cm³/mol. The molecule has 1 N–H and O–H groups in total. The minimum Gasteiger partial charge on any atom is -0.489 e. The van der Waals surface area contributed by atoms with Gasteiger partial charge in [-0.1, -0.05) is 35.9 Å². The molecule has 114 valence electrons. The fourth-order valence-corrected chi connectivity index (χ4v) is 2.71. The van der Waals surface area contributed by atoms with Crippen LogP contribution in [0.15, 0.2) is 42.0 Å². The second-order valence-electron chi connectivity index (χ2n) is 5.53. The number of nitrogens with zero attached hydrogens (tertiary/aromatic N) is 1. The number of nitrogens with one attached hydrogen (secondary N) is 1. The standard InChI is InChI=1S/C18H19ClN2O/c1-12(20-10-15-7-8-18(19)21-13(15)2)16-9-14-5-3-4-6-17(14)22-11-16/h3-9,12,20H,10-11H2,1-2H3. The van der Waals surface area contributed by atoms with Crippen molar-refractivity contribution in [1.29, 1.82) is 0 Å². The Balaban J connectivity index is 1.68. The lowest BCUT2D eigenvalue weighted by Gasteiger charge is -2.23. The minimum absolute atomic E-state index is 0.239. The molecule has 3 rings (SSSR count). The van der Waals surface area contributed by atoms with Crippen LogP contribution in [0.2, 0.25) is 5.15 Å². The number of rotatable bonds is 4. The Kier molecular flexibility index (Phi) is 4.46. The third kappa shape index (κ3) is 3.32. The van der Waals surface area contributed by atoms with Crippen LogP contribution < -0.4 is 10.1 Å². The quantitative estimate of drug-likeness (QED) is 0.866. The zero-order valence-electron chi connectivity index (χ0n) is 12.8. The lowest BCUT2D eigenvalue weighted by molar-refractivity contribution is 0.334. The molecule has 2 heterocycles. The van der Waals surface area contributed by atoms with Crippen molar-refractivity contribution in [2.75, 3.05) is 6.61 Å². The molecule has 0 saturated carbocycles. The number of para-hydroxylation sites is 1. The molecular weight excluding hydrogens is 296 g/mol. The average Bonchev–Trinajstić information content (AvgIpc) is 2.53. The zero-order valence-corrected chi connectivity index (χ0v) is 13.5. The molecule has 0 aliphatic carbocycles. The third-order valence-corrected chi connectivity index (χ3v) is 4.18. The van der Waals surface area contributed by atoms with Crippen molar-refractivity contribution in [3.63, 3.8) is 0 Å². The van der Waals surface area contributed by atoms with Crippen LogP contribution in [0.3, 0.4) is 0 Å². The average molecular weight is 315 g/mol. The van der Waals surface area contributed by atoms with E-state index in [1.54, 1.807) is 0 Å². The van der Waals surface area contributed by atoms with Crippen molar-refractivity contribution in [1.82, 2.24) is 10.3 Å². The van der Waals surface area contributed by atoms with E-state index in [1.807, 2.05) is 37.3 Å². The normalized spacial score (nSPS) is 14.8. The summed E-state index contributed by atoms with van der Waals surface area (Å²) in [5, 5.41) is 4.06. The Hall–Kier alpha value is -1.84. The van der Waals surface area contributed by atoms with Gasteiger partial charge in [0, 0.05) is 23.8 Å². The number of hydrogen-bond donors (Lipinski definition) is 1. The summed E-state index contributed by atoms with van der Waals surface area (Å²) in [6.07, 6.45) is 2.21. The number of halogens is 1. The summed E-state index contributed by atoms with van der Waals surface area (Å²) < 4.78 is 5.81. The Bertz CT molecular complexity index is 712. The minimum atomic E-state index is 0.239. The van der Waals surface area contributed by atoms with E-state index < -0.39 is 0 Å². The van der Waals surface area contributed by atoms with Crippen LogP contribution in [0.4, 0.5) is 0 Å². The lowest BCUT2D eigenvalue weighted by atomic mass is 10.0. The maximum absolute atomic E-state index is 5.89. The molecule has 1 aliphatic heterocycles. The van der Waals surface area contributed by atoms with Crippen molar-refractivity contribution >= 4 is 17.7 Å². The molecule has 0 fully saturated rings. The molecular formula is C18H19ClN2O. The fourth-order valence-electron chi connectivity index (χ4n) is 2.52. The first-order chi connectivity index (χ1) is 10.6. The van der Waals surface area contributed by atoms with Gasteiger partial charge in [0.15, 0.2) is 0 Å². The van der Waals surface area contributed by atoms with Crippen LogP contribution in [0.1, 0.15) is 23.7 Å². The Morgan fingerprint density at radius 1 is 1.27 bits per heavy atom. The van der Waals surface area contributed by atoms with Gasteiger partial charge in [-0.15, -0.1) is 0 Å². The Morgan fingerprint density at radius 2 is 2.09 bits per heavy atom. The van der Waals surface area contributed by atoms with Gasteiger partial charge in [-0.3, -0.25) is 0 Å². The van der Waals surface area contributed by atoms with E-state index in [0.29, 0.717) is 11.8 Å². The molecule has 3 nitrogen and oxygen atoms in total. The van der Waals surface area contributed by atoms with Gasteiger partial charge in [0.2, 0.25) is 0 Å². The van der Waals surface area contributed by atoms with Crippen molar-refractivity contribution in [3.05, 3.63) is 63.9 Å². The van der Waals surface area contributed by atoms with E-state index in [-0.39, 0.29) is 6.04 Å². The van der Waals surface area contributed by atoms with E-state index in [2.05, 4.69) is 29.4 Å². The van der Waals surface area contributed by atoms with E-state index in [4.69, 9.17) is 16.3 Å². The molecule has 1 aliphatic rings. The number of aryl methyl sites for hydroxylation is 1. The SMILES string of the molecule is Cc1nc(Cl)ccc1CNC(C)C1=Cc2ccccc2OC1. The van der Waals surface area contributed by atoms with Gasteiger partial charge in [0.25, 0.3) is 0 Å². The first-order valence-corrected chi connectivity index (χ1v) is 7.79. The molecule has 1 aromatic carbocycles. The summed E-state index contributed by atoms with van der Waals surface area (Å²) in [6.45, 7) is 5.52. The van der Waals surface area contributed by atoms with Crippen LogP contribution in [0.5, 0.6) is 5.75 Å². The molecule has 0 spiro atoms. The summed E-state index contributed by atoms with van der Waals surface area (Å²) in [5.74, 6) is 0.955. The van der Waals surface area contributed by atoms with Crippen LogP contribution in [0.25, 0.3) is 6.08 Å². The molecule has 2 aromatic rings. The topological polar surface area (TPSA) is 34.2 Å². The van der Waals surface area contributed by atoms with Gasteiger partial charge in [0.05, 0.1) is 0 Å². The second kappa shape index (κ2) is 6.51. The van der Waals surface area contributed by atoms with Crippen molar-refractivity contribution in [2.24, 2.45) is 0 Å². The molecule has 0 radical (unpaired) electrons. The van der Waals surface area contributed by atoms with E-state index in [9.17, 15) is 0 Å². The predicted octanol–water partition coefficient (Wildman–Crippen LogP) is 4.00. The smallest absolute Gasteiger partial charge is 0.129 e. The largest absolute Gasteiger partial charge is 0.489 e. The number of aromatic nitrogens is 1. The van der Waals surface area contributed by atoms with Crippen LogP contribution in [-0.2, 0) is 6.54 Å². The number of hydrogen-bond acceptors (Lipinski definition) is 3. The summed E-state index contributed by atoms with van der Waals surface area (Å²) in [7, 11) is 0. The Morgan fingerprint density at radius 3 is 2.91 bits per heavy atom. The van der Waals surface area contributed by atoms with Gasteiger partial charge in [-0.2, -0.15) is 0 Å². The molecule has 1 atom stereocenters. The molecule has 1 aromatic heterocycles. The molecule has 0 saturated heterocycles. The molecule has 22 heavy (non-hydrogen) atoms. The van der Waals surface area contributed by atoms with Gasteiger partial charge < -0.3 is 10.1 Å². The van der Waals surface area contributed by atoms with Gasteiger partial charge in [-0.05, 0) is 43.2 Å².